The molecule has 2 aromatic carbocycles. The summed E-state index contributed by atoms with van der Waals surface area (Å²) in [6, 6.07) is 10.2. The van der Waals surface area contributed by atoms with Crippen LogP contribution in [0.3, 0.4) is 0 Å². The molecule has 0 bridgehead atoms. The first-order chi connectivity index (χ1) is 9.97. The van der Waals surface area contributed by atoms with E-state index in [0.29, 0.717) is 11.3 Å². The van der Waals surface area contributed by atoms with Gasteiger partial charge in [-0.2, -0.15) is 0 Å². The number of rotatable bonds is 2. The van der Waals surface area contributed by atoms with Gasteiger partial charge in [-0.15, -0.1) is 0 Å². The van der Waals surface area contributed by atoms with Crippen molar-refractivity contribution in [3.63, 3.8) is 0 Å². The summed E-state index contributed by atoms with van der Waals surface area (Å²) >= 11 is 3.34. The highest BCUT2D eigenvalue weighted by Crippen LogP contribution is 2.36. The number of phenols is 1. The molecule has 5 heteroatoms. The Morgan fingerprint density at radius 2 is 1.95 bits per heavy atom. The van der Waals surface area contributed by atoms with E-state index in [1.165, 1.54) is 4.90 Å². The van der Waals surface area contributed by atoms with Gasteiger partial charge >= 0.3 is 0 Å². The van der Waals surface area contributed by atoms with Crippen LogP contribution in [0.15, 0.2) is 40.9 Å². The van der Waals surface area contributed by atoms with Gasteiger partial charge in [0, 0.05) is 4.47 Å². The Bertz CT molecular complexity index is 770. The molecule has 3 rings (SSSR count). The molecule has 0 saturated heterocycles. The van der Waals surface area contributed by atoms with Crippen molar-refractivity contribution in [2.45, 2.75) is 13.5 Å². The van der Waals surface area contributed by atoms with E-state index in [1.54, 1.807) is 24.3 Å². The Morgan fingerprint density at radius 3 is 2.67 bits per heavy atom. The van der Waals surface area contributed by atoms with Crippen LogP contribution in [0.1, 0.15) is 21.5 Å². The van der Waals surface area contributed by atoms with Crippen LogP contribution in [-0.4, -0.2) is 16.8 Å². The van der Waals surface area contributed by atoms with E-state index in [1.807, 2.05) is 19.1 Å². The molecule has 0 saturated carbocycles. The molecule has 0 fully saturated rings. The molecular formula is C16H12BrNO3. The highest BCUT2D eigenvalue weighted by atomic mass is 79.9. The summed E-state index contributed by atoms with van der Waals surface area (Å²) in [4.78, 5) is 25.8. The lowest BCUT2D eigenvalue weighted by Crippen LogP contribution is -2.29. The zero-order chi connectivity index (χ0) is 15.1. The van der Waals surface area contributed by atoms with Gasteiger partial charge in [-0.25, -0.2) is 0 Å². The number of hydrogen-bond acceptors (Lipinski definition) is 3. The number of aryl methyl sites for hydroxylation is 1. The number of halogens is 1. The standard InChI is InChI=1S/C16H12BrNO3/c1-9-5-11(17)7-13-14(9)18(16(21)15(13)20)8-10-3-2-4-12(19)6-10/h2-7,19H,8H2,1H3. The number of benzene rings is 2. The third kappa shape index (κ3) is 2.34. The monoisotopic (exact) mass is 345 g/mol. The van der Waals surface area contributed by atoms with Crippen LogP contribution in [0.2, 0.25) is 0 Å². The fourth-order valence-corrected chi connectivity index (χ4v) is 3.17. The van der Waals surface area contributed by atoms with Gasteiger partial charge < -0.3 is 10.0 Å². The van der Waals surface area contributed by atoms with E-state index < -0.39 is 11.7 Å². The lowest BCUT2D eigenvalue weighted by molar-refractivity contribution is -0.114. The topological polar surface area (TPSA) is 57.6 Å². The highest BCUT2D eigenvalue weighted by molar-refractivity contribution is 9.10. The predicted octanol–water partition coefficient (Wildman–Crippen LogP) is 3.19. The summed E-state index contributed by atoms with van der Waals surface area (Å²) in [6.07, 6.45) is 0. The number of hydrogen-bond donors (Lipinski definition) is 1. The quantitative estimate of drug-likeness (QED) is 0.850. The fraction of sp³-hybridized carbons (Fsp3) is 0.125. The van der Waals surface area contributed by atoms with Crippen molar-refractivity contribution < 1.29 is 14.7 Å². The second-order valence-electron chi connectivity index (χ2n) is 5.01. The van der Waals surface area contributed by atoms with Crippen LogP contribution < -0.4 is 4.90 Å². The zero-order valence-electron chi connectivity index (χ0n) is 11.3. The van der Waals surface area contributed by atoms with Crippen LogP contribution in [-0.2, 0) is 11.3 Å². The molecule has 4 nitrogen and oxygen atoms in total. The number of carbonyl (C=O) groups excluding carboxylic acids is 2. The minimum atomic E-state index is -0.533. The Labute approximate surface area is 130 Å². The van der Waals surface area contributed by atoms with Crippen molar-refractivity contribution in [2.24, 2.45) is 0 Å². The molecule has 21 heavy (non-hydrogen) atoms. The Morgan fingerprint density at radius 1 is 1.19 bits per heavy atom. The maximum Gasteiger partial charge on any atom is 0.299 e. The Hall–Kier alpha value is -2.14. The summed E-state index contributed by atoms with van der Waals surface area (Å²) in [5, 5.41) is 9.51. The van der Waals surface area contributed by atoms with Crippen LogP contribution in [0.25, 0.3) is 0 Å². The molecule has 1 aliphatic rings. The first-order valence-corrected chi connectivity index (χ1v) is 7.21. The largest absolute Gasteiger partial charge is 0.508 e. The maximum atomic E-state index is 12.2. The second-order valence-corrected chi connectivity index (χ2v) is 5.92. The van der Waals surface area contributed by atoms with Crippen LogP contribution >= 0.6 is 15.9 Å². The second kappa shape index (κ2) is 5.00. The number of fused-ring (bicyclic) bond motifs is 1. The number of aromatic hydroxyl groups is 1. The first kappa shape index (κ1) is 13.8. The zero-order valence-corrected chi connectivity index (χ0v) is 12.8. The van der Waals surface area contributed by atoms with Gasteiger partial charge in [-0.3, -0.25) is 9.59 Å². The molecule has 0 aliphatic carbocycles. The third-order valence-electron chi connectivity index (χ3n) is 3.47. The van der Waals surface area contributed by atoms with Crippen molar-refractivity contribution in [3.8, 4) is 5.75 Å². The molecule has 0 spiro atoms. The van der Waals surface area contributed by atoms with Crippen LogP contribution in [0.5, 0.6) is 5.75 Å². The molecule has 2 aromatic rings. The number of Topliss-reactive ketones (excluding diaryl/α,β-unsaturated/α-hetero) is 1. The minimum absolute atomic E-state index is 0.137. The van der Waals surface area contributed by atoms with Gasteiger partial charge in [-0.1, -0.05) is 28.1 Å². The van der Waals surface area contributed by atoms with E-state index >= 15 is 0 Å². The molecule has 0 radical (unpaired) electrons. The smallest absolute Gasteiger partial charge is 0.299 e. The number of nitrogens with zero attached hydrogens (tertiary/aromatic N) is 1. The number of phenolic OH excluding ortho intramolecular Hbond substituents is 1. The lowest BCUT2D eigenvalue weighted by Gasteiger charge is -2.18. The molecule has 0 atom stereocenters. The predicted molar refractivity (Wildman–Crippen MR) is 82.5 cm³/mol. The normalized spacial score (nSPS) is 13.7. The number of amides is 1. The summed E-state index contributed by atoms with van der Waals surface area (Å²) in [5.74, 6) is -0.887. The van der Waals surface area contributed by atoms with Crippen molar-refractivity contribution in [1.29, 1.82) is 0 Å². The molecule has 1 aliphatic heterocycles. The number of ketones is 1. The van der Waals surface area contributed by atoms with Gasteiger partial charge in [0.2, 0.25) is 0 Å². The van der Waals surface area contributed by atoms with Crippen molar-refractivity contribution >= 4 is 33.3 Å². The third-order valence-corrected chi connectivity index (χ3v) is 3.93. The van der Waals surface area contributed by atoms with Gasteiger partial charge in [0.1, 0.15) is 5.75 Å². The minimum Gasteiger partial charge on any atom is -0.508 e. The summed E-state index contributed by atoms with van der Waals surface area (Å²) in [5.41, 5.74) is 2.70. The SMILES string of the molecule is Cc1cc(Br)cc2c1N(Cc1cccc(O)c1)C(=O)C2=O. The lowest BCUT2D eigenvalue weighted by atomic mass is 10.1. The first-order valence-electron chi connectivity index (χ1n) is 6.41. The van der Waals surface area contributed by atoms with Crippen molar-refractivity contribution in [2.75, 3.05) is 4.90 Å². The van der Waals surface area contributed by atoms with Gasteiger partial charge in [-0.05, 0) is 42.3 Å². The highest BCUT2D eigenvalue weighted by Gasteiger charge is 2.37. The molecular weight excluding hydrogens is 334 g/mol. The Balaban J connectivity index is 2.05. The molecule has 1 amide bonds. The van der Waals surface area contributed by atoms with Crippen molar-refractivity contribution in [3.05, 3.63) is 57.6 Å². The summed E-state index contributed by atoms with van der Waals surface area (Å²) in [7, 11) is 0. The average molecular weight is 346 g/mol. The van der Waals surface area contributed by atoms with Crippen LogP contribution in [0.4, 0.5) is 5.69 Å². The fourth-order valence-electron chi connectivity index (χ4n) is 2.59. The van der Waals surface area contributed by atoms with E-state index in [4.69, 9.17) is 0 Å². The van der Waals surface area contributed by atoms with E-state index in [-0.39, 0.29) is 12.3 Å². The van der Waals surface area contributed by atoms with Gasteiger partial charge in [0.25, 0.3) is 11.7 Å². The molecule has 0 aromatic heterocycles. The molecule has 1 N–H and O–H groups in total. The summed E-state index contributed by atoms with van der Waals surface area (Å²) in [6.45, 7) is 2.12. The van der Waals surface area contributed by atoms with E-state index in [2.05, 4.69) is 15.9 Å². The maximum absolute atomic E-state index is 12.2. The van der Waals surface area contributed by atoms with Gasteiger partial charge in [0.05, 0.1) is 17.8 Å². The van der Waals surface area contributed by atoms with E-state index in [9.17, 15) is 14.7 Å². The molecule has 106 valence electrons. The number of anilines is 1. The van der Waals surface area contributed by atoms with Crippen molar-refractivity contribution in [1.82, 2.24) is 0 Å². The van der Waals surface area contributed by atoms with E-state index in [0.717, 1.165) is 15.6 Å². The average Bonchev–Trinajstić information content (AvgIpc) is 2.64. The molecule has 0 unspecified atom stereocenters. The van der Waals surface area contributed by atoms with Gasteiger partial charge in [0.15, 0.2) is 0 Å². The Kier molecular flexibility index (Phi) is 3.29. The molecule has 1 heterocycles. The summed E-state index contributed by atoms with van der Waals surface area (Å²) < 4.78 is 0.777. The van der Waals surface area contributed by atoms with Crippen LogP contribution in [0, 0.1) is 6.92 Å². The number of carbonyl (C=O) groups is 2.